The van der Waals surface area contributed by atoms with Crippen LogP contribution >= 0.6 is 11.3 Å². The van der Waals surface area contributed by atoms with Crippen molar-refractivity contribution in [2.24, 2.45) is 5.41 Å². The van der Waals surface area contributed by atoms with Crippen molar-refractivity contribution < 1.29 is 19.1 Å². The van der Waals surface area contributed by atoms with Crippen LogP contribution in [-0.4, -0.2) is 54.4 Å². The quantitative estimate of drug-likeness (QED) is 0.577. The summed E-state index contributed by atoms with van der Waals surface area (Å²) in [5.74, 6) is -0.520. The van der Waals surface area contributed by atoms with E-state index in [1.54, 1.807) is 19.2 Å². The van der Waals surface area contributed by atoms with E-state index in [9.17, 15) is 14.4 Å². The molecule has 1 atom stereocenters. The van der Waals surface area contributed by atoms with E-state index in [-0.39, 0.29) is 18.5 Å². The van der Waals surface area contributed by atoms with Gasteiger partial charge in [0.25, 0.3) is 5.91 Å². The van der Waals surface area contributed by atoms with Gasteiger partial charge in [-0.2, -0.15) is 0 Å². The Balaban J connectivity index is 2.14. The Bertz CT molecular complexity index is 629. The Hall–Kier alpha value is -1.96. The number of ether oxygens (including phenoxy) is 1. The first-order chi connectivity index (χ1) is 11.3. The van der Waals surface area contributed by atoms with Gasteiger partial charge in [0, 0.05) is 24.5 Å². The highest BCUT2D eigenvalue weighted by Gasteiger charge is 2.33. The number of nitrogens with zero attached hydrogens (tertiary/aromatic N) is 3. The first-order valence-corrected chi connectivity index (χ1v) is 8.75. The summed E-state index contributed by atoms with van der Waals surface area (Å²) in [5.41, 5.74) is -0.527. The molecule has 0 bridgehead atoms. The second kappa shape index (κ2) is 7.29. The van der Waals surface area contributed by atoms with Gasteiger partial charge in [0.1, 0.15) is 5.69 Å². The number of esters is 1. The minimum atomic E-state index is -0.866. The Morgan fingerprint density at radius 1 is 1.54 bits per heavy atom. The molecule has 24 heavy (non-hydrogen) atoms. The Morgan fingerprint density at radius 3 is 2.79 bits per heavy atom. The van der Waals surface area contributed by atoms with Crippen molar-refractivity contribution in [2.75, 3.05) is 25.1 Å². The molecular weight excluding hydrogens is 330 g/mol. The number of thiazole rings is 1. The van der Waals surface area contributed by atoms with Crippen LogP contribution in [0.5, 0.6) is 0 Å². The SMILES string of the molecule is COC(=O)C(C)(C)CN(C=O)c1nc(C(=O)N2CCC[C@@H]2C)cs1. The number of carbonyl (C=O) groups is 3. The average molecular weight is 353 g/mol. The molecule has 2 rings (SSSR count). The Labute approximate surface area is 145 Å². The number of aromatic nitrogens is 1. The maximum atomic E-state index is 12.5. The summed E-state index contributed by atoms with van der Waals surface area (Å²) in [4.78, 5) is 43.2. The molecule has 1 aliphatic heterocycles. The molecule has 0 unspecified atom stereocenters. The number of likely N-dealkylation sites (tertiary alicyclic amines) is 1. The normalized spacial score (nSPS) is 17.7. The number of hydrogen-bond donors (Lipinski definition) is 0. The Kier molecular flexibility index (Phi) is 5.58. The van der Waals surface area contributed by atoms with Crippen LogP contribution in [0.1, 0.15) is 44.1 Å². The molecule has 132 valence electrons. The fourth-order valence-electron chi connectivity index (χ4n) is 2.79. The second-order valence-electron chi connectivity index (χ2n) is 6.61. The van der Waals surface area contributed by atoms with Crippen LogP contribution in [0.25, 0.3) is 0 Å². The predicted molar refractivity (Wildman–Crippen MR) is 91.1 cm³/mol. The lowest BCUT2D eigenvalue weighted by Crippen LogP contribution is -2.39. The first-order valence-electron chi connectivity index (χ1n) is 7.87. The van der Waals surface area contributed by atoms with E-state index in [0.717, 1.165) is 19.4 Å². The lowest BCUT2D eigenvalue weighted by Gasteiger charge is -2.26. The van der Waals surface area contributed by atoms with Crippen molar-refractivity contribution >= 4 is 34.8 Å². The number of carbonyl (C=O) groups excluding carboxylic acids is 3. The van der Waals surface area contributed by atoms with Gasteiger partial charge in [-0.25, -0.2) is 4.98 Å². The van der Waals surface area contributed by atoms with Crippen LogP contribution in [0.4, 0.5) is 5.13 Å². The molecule has 0 aliphatic carbocycles. The van der Waals surface area contributed by atoms with Gasteiger partial charge < -0.3 is 9.64 Å². The molecule has 1 aliphatic rings. The minimum Gasteiger partial charge on any atom is -0.469 e. The summed E-state index contributed by atoms with van der Waals surface area (Å²) in [7, 11) is 1.31. The fourth-order valence-corrected chi connectivity index (χ4v) is 3.56. The molecule has 1 aromatic rings. The van der Waals surface area contributed by atoms with Gasteiger partial charge in [-0.05, 0) is 33.6 Å². The van der Waals surface area contributed by atoms with Gasteiger partial charge in [0.15, 0.2) is 5.13 Å². The maximum absolute atomic E-state index is 12.5. The highest BCUT2D eigenvalue weighted by atomic mass is 32.1. The van der Waals surface area contributed by atoms with Crippen molar-refractivity contribution in [1.29, 1.82) is 0 Å². The molecular formula is C16H23N3O4S. The molecule has 0 radical (unpaired) electrons. The van der Waals surface area contributed by atoms with E-state index in [1.165, 1.54) is 23.3 Å². The molecule has 0 spiro atoms. The molecule has 7 nitrogen and oxygen atoms in total. The largest absolute Gasteiger partial charge is 0.469 e. The van der Waals surface area contributed by atoms with E-state index < -0.39 is 11.4 Å². The number of anilines is 1. The maximum Gasteiger partial charge on any atom is 0.313 e. The van der Waals surface area contributed by atoms with Crippen molar-refractivity contribution in [3.63, 3.8) is 0 Å². The van der Waals surface area contributed by atoms with Gasteiger partial charge in [-0.15, -0.1) is 11.3 Å². The first kappa shape index (κ1) is 18.4. The summed E-state index contributed by atoms with van der Waals surface area (Å²) < 4.78 is 4.76. The van der Waals surface area contributed by atoms with Gasteiger partial charge in [0.2, 0.25) is 6.41 Å². The van der Waals surface area contributed by atoms with Crippen LogP contribution in [0.15, 0.2) is 5.38 Å². The molecule has 8 heteroatoms. The van der Waals surface area contributed by atoms with Gasteiger partial charge in [0.05, 0.1) is 12.5 Å². The molecule has 1 aromatic heterocycles. The van der Waals surface area contributed by atoms with Crippen molar-refractivity contribution in [3.05, 3.63) is 11.1 Å². The monoisotopic (exact) mass is 353 g/mol. The summed E-state index contributed by atoms with van der Waals surface area (Å²) in [6.07, 6.45) is 2.62. The highest BCUT2D eigenvalue weighted by Crippen LogP contribution is 2.27. The van der Waals surface area contributed by atoms with Crippen molar-refractivity contribution in [1.82, 2.24) is 9.88 Å². The predicted octanol–water partition coefficient (Wildman–Crippen LogP) is 1.93. The van der Waals surface area contributed by atoms with Crippen LogP contribution in [0, 0.1) is 5.41 Å². The summed E-state index contributed by atoms with van der Waals surface area (Å²) in [6, 6.07) is 0.211. The molecule has 1 fully saturated rings. The zero-order chi connectivity index (χ0) is 17.9. The average Bonchev–Trinajstić information content (AvgIpc) is 3.20. The van der Waals surface area contributed by atoms with Crippen LogP contribution < -0.4 is 4.90 Å². The van der Waals surface area contributed by atoms with E-state index in [0.29, 0.717) is 17.2 Å². The van der Waals surface area contributed by atoms with E-state index in [1.807, 2.05) is 11.8 Å². The van der Waals surface area contributed by atoms with Crippen LogP contribution in [0.3, 0.4) is 0 Å². The smallest absolute Gasteiger partial charge is 0.313 e. The van der Waals surface area contributed by atoms with Crippen LogP contribution in [0.2, 0.25) is 0 Å². The number of amides is 2. The third-order valence-electron chi connectivity index (χ3n) is 4.20. The third-order valence-corrected chi connectivity index (χ3v) is 5.08. The van der Waals surface area contributed by atoms with E-state index >= 15 is 0 Å². The lowest BCUT2D eigenvalue weighted by atomic mass is 9.93. The topological polar surface area (TPSA) is 79.8 Å². The lowest BCUT2D eigenvalue weighted by molar-refractivity contribution is -0.150. The van der Waals surface area contributed by atoms with Crippen molar-refractivity contribution in [3.8, 4) is 0 Å². The molecule has 1 saturated heterocycles. The zero-order valence-corrected chi connectivity index (χ0v) is 15.3. The second-order valence-corrected chi connectivity index (χ2v) is 7.45. The number of rotatable bonds is 6. The third kappa shape index (κ3) is 3.75. The highest BCUT2D eigenvalue weighted by molar-refractivity contribution is 7.14. The van der Waals surface area contributed by atoms with Crippen molar-refractivity contribution in [2.45, 2.75) is 39.7 Å². The van der Waals surface area contributed by atoms with Crippen LogP contribution in [-0.2, 0) is 14.3 Å². The number of methoxy groups -OCH3 is 1. The Morgan fingerprint density at radius 2 is 2.25 bits per heavy atom. The summed E-state index contributed by atoms with van der Waals surface area (Å²) in [5, 5.41) is 2.06. The fraction of sp³-hybridized carbons (Fsp3) is 0.625. The van der Waals surface area contributed by atoms with Gasteiger partial charge in [-0.3, -0.25) is 19.3 Å². The molecule has 0 N–H and O–H groups in total. The molecule has 2 heterocycles. The zero-order valence-electron chi connectivity index (χ0n) is 14.4. The minimum absolute atomic E-state index is 0.111. The molecule has 0 aromatic carbocycles. The van der Waals surface area contributed by atoms with Gasteiger partial charge in [-0.1, -0.05) is 0 Å². The van der Waals surface area contributed by atoms with E-state index in [4.69, 9.17) is 4.74 Å². The summed E-state index contributed by atoms with van der Waals surface area (Å²) in [6.45, 7) is 6.28. The molecule has 2 amide bonds. The standard InChI is InChI=1S/C16H23N3O4S/c1-11-6-5-7-19(11)13(21)12-8-24-15(17-12)18(10-20)9-16(2,3)14(22)23-4/h8,10-11H,5-7,9H2,1-4H3/t11-/m0/s1. The summed E-state index contributed by atoms with van der Waals surface area (Å²) >= 11 is 1.21. The van der Waals surface area contributed by atoms with Gasteiger partial charge >= 0.3 is 5.97 Å². The number of hydrogen-bond acceptors (Lipinski definition) is 6. The molecule has 0 saturated carbocycles. The van der Waals surface area contributed by atoms with E-state index in [2.05, 4.69) is 4.98 Å².